The Morgan fingerprint density at radius 3 is 0.935 bits per heavy atom. The van der Waals surface area contributed by atoms with Crippen molar-refractivity contribution in [2.75, 3.05) is 19.8 Å². The summed E-state index contributed by atoms with van der Waals surface area (Å²) in [4.78, 5) is 0. The molecule has 3 rings (SSSR count). The Morgan fingerprint density at radius 1 is 0.548 bits per heavy atom. The molecular formula is C22H26Cl3NO3PRh. The van der Waals surface area contributed by atoms with E-state index in [0.717, 1.165) is 0 Å². The Hall–Kier alpha value is -0.577. The van der Waals surface area contributed by atoms with Gasteiger partial charge in [0.15, 0.2) is 0 Å². The van der Waals surface area contributed by atoms with Crippen LogP contribution in [0, 0.1) is 0 Å². The van der Waals surface area contributed by atoms with Crippen molar-refractivity contribution in [2.45, 2.75) is 5.54 Å². The zero-order chi connectivity index (χ0) is 19.5. The number of benzene rings is 3. The maximum Gasteiger partial charge on any atom is 3.00 e. The predicted octanol–water partition coefficient (Wildman–Crippen LogP) is -7.88. The zero-order valence-corrected chi connectivity index (χ0v) is 21.4. The van der Waals surface area contributed by atoms with Gasteiger partial charge in [-0.2, -0.15) is 0 Å². The minimum absolute atomic E-state index is 0. The molecule has 0 aromatic heterocycles. The van der Waals surface area contributed by atoms with E-state index in [1.165, 1.54) is 15.9 Å². The molecule has 0 heterocycles. The Bertz CT molecular complexity index is 684. The van der Waals surface area contributed by atoms with Gasteiger partial charge in [-0.3, -0.25) is 0 Å². The first kappa shape index (κ1) is 35.0. The van der Waals surface area contributed by atoms with E-state index in [2.05, 4.69) is 91.0 Å². The molecule has 0 amide bonds. The molecule has 0 saturated heterocycles. The monoisotopic (exact) mass is 591 g/mol. The molecule has 0 atom stereocenters. The van der Waals surface area contributed by atoms with Crippen LogP contribution in [-0.2, 0) is 19.5 Å². The van der Waals surface area contributed by atoms with Crippen molar-refractivity contribution in [2.24, 2.45) is 5.73 Å². The third-order valence-corrected chi connectivity index (χ3v) is 6.43. The minimum Gasteiger partial charge on any atom is -1.00 e. The molecule has 172 valence electrons. The van der Waals surface area contributed by atoms with Crippen LogP contribution >= 0.6 is 7.92 Å². The molecule has 3 aromatic rings. The van der Waals surface area contributed by atoms with E-state index in [1.54, 1.807) is 0 Å². The smallest absolute Gasteiger partial charge is 1.00 e. The Labute approximate surface area is 217 Å². The molecule has 0 unspecified atom stereocenters. The van der Waals surface area contributed by atoms with E-state index >= 15 is 0 Å². The third-order valence-electron chi connectivity index (χ3n) is 3.99. The van der Waals surface area contributed by atoms with Crippen molar-refractivity contribution < 1.29 is 72.0 Å². The Kier molecular flexibility index (Phi) is 21.4. The van der Waals surface area contributed by atoms with Gasteiger partial charge in [-0.25, -0.2) is 0 Å². The van der Waals surface area contributed by atoms with Crippen molar-refractivity contribution >= 4 is 23.8 Å². The van der Waals surface area contributed by atoms with Crippen molar-refractivity contribution in [3.8, 4) is 0 Å². The second-order valence-corrected chi connectivity index (χ2v) is 8.40. The molecular weight excluding hydrogens is 566 g/mol. The van der Waals surface area contributed by atoms with Gasteiger partial charge in [0, 0.05) is 0 Å². The third kappa shape index (κ3) is 11.2. The molecule has 0 aliphatic heterocycles. The van der Waals surface area contributed by atoms with Crippen LogP contribution < -0.4 is 58.9 Å². The topological polar surface area (TPSA) is 86.7 Å². The van der Waals surface area contributed by atoms with E-state index in [1.807, 2.05) is 0 Å². The summed E-state index contributed by atoms with van der Waals surface area (Å²) in [7, 11) is -0.446. The van der Waals surface area contributed by atoms with Crippen LogP contribution in [-0.4, -0.2) is 40.7 Å². The standard InChI is InChI=1S/C18H15P.C4H11NO3.3ClH.Rh/c1-4-10-16(11-5-1)19(17-12-6-2-7-13-17)18-14-8-3-9-15-18;5-4(1-6,2-7)3-8;;;;/h1-15H;6-8H,1-3,5H2;3*1H;/q;;;;;+3/p-3. The van der Waals surface area contributed by atoms with Gasteiger partial charge in [0.05, 0.1) is 25.4 Å². The van der Waals surface area contributed by atoms with E-state index in [0.29, 0.717) is 0 Å². The number of hydrogen-bond acceptors (Lipinski definition) is 4. The van der Waals surface area contributed by atoms with Gasteiger partial charge in [-0.15, -0.1) is 0 Å². The number of aliphatic hydroxyl groups excluding tert-OH is 3. The molecule has 5 N–H and O–H groups in total. The summed E-state index contributed by atoms with van der Waals surface area (Å²) in [5.41, 5.74) is 3.94. The molecule has 0 fully saturated rings. The van der Waals surface area contributed by atoms with Crippen molar-refractivity contribution in [1.29, 1.82) is 0 Å². The molecule has 0 aliphatic rings. The second kappa shape index (κ2) is 18.9. The first-order chi connectivity index (χ1) is 13.1. The van der Waals surface area contributed by atoms with Crippen molar-refractivity contribution in [3.05, 3.63) is 91.0 Å². The van der Waals surface area contributed by atoms with Gasteiger partial charge in [0.25, 0.3) is 0 Å². The molecule has 31 heavy (non-hydrogen) atoms. The first-order valence-corrected chi connectivity index (χ1v) is 10.0. The van der Waals surface area contributed by atoms with Gasteiger partial charge in [0.2, 0.25) is 0 Å². The second-order valence-electron chi connectivity index (χ2n) is 6.18. The van der Waals surface area contributed by atoms with E-state index in [4.69, 9.17) is 21.1 Å². The molecule has 0 bridgehead atoms. The average Bonchev–Trinajstić information content (AvgIpc) is 2.76. The molecule has 0 spiro atoms. The van der Waals surface area contributed by atoms with Crippen LogP contribution in [0.25, 0.3) is 0 Å². The summed E-state index contributed by atoms with van der Waals surface area (Å²) in [6.07, 6.45) is 0. The quantitative estimate of drug-likeness (QED) is 0.169. The fraction of sp³-hybridized carbons (Fsp3) is 0.182. The molecule has 9 heteroatoms. The predicted molar refractivity (Wildman–Crippen MR) is 113 cm³/mol. The Morgan fingerprint density at radius 2 is 0.774 bits per heavy atom. The van der Waals surface area contributed by atoms with E-state index < -0.39 is 33.3 Å². The fourth-order valence-corrected chi connectivity index (χ4v) is 4.63. The molecule has 0 radical (unpaired) electrons. The normalized spacial score (nSPS) is 9.58. The summed E-state index contributed by atoms with van der Waals surface area (Å²) in [5.74, 6) is 0. The summed E-state index contributed by atoms with van der Waals surface area (Å²) in [6, 6.07) is 32.3. The van der Waals surface area contributed by atoms with Crippen molar-refractivity contribution in [3.63, 3.8) is 0 Å². The zero-order valence-electron chi connectivity index (χ0n) is 16.6. The number of nitrogens with two attached hydrogens (primary N) is 1. The van der Waals surface area contributed by atoms with Crippen LogP contribution in [0.15, 0.2) is 91.0 Å². The maximum atomic E-state index is 8.34. The largest absolute Gasteiger partial charge is 3.00 e. The van der Waals surface area contributed by atoms with Crippen LogP contribution in [0.5, 0.6) is 0 Å². The van der Waals surface area contributed by atoms with Crippen LogP contribution in [0.3, 0.4) is 0 Å². The number of halogens is 3. The summed E-state index contributed by atoms with van der Waals surface area (Å²) in [6.45, 7) is -1.21. The molecule has 4 nitrogen and oxygen atoms in total. The summed E-state index contributed by atoms with van der Waals surface area (Å²) in [5, 5.41) is 29.2. The van der Waals surface area contributed by atoms with Gasteiger partial charge in [-0.05, 0) is 23.8 Å². The fourth-order valence-electron chi connectivity index (χ4n) is 2.33. The average molecular weight is 593 g/mol. The van der Waals surface area contributed by atoms with Crippen molar-refractivity contribution in [1.82, 2.24) is 0 Å². The van der Waals surface area contributed by atoms with Crippen LogP contribution in [0.2, 0.25) is 0 Å². The molecule has 0 aliphatic carbocycles. The van der Waals surface area contributed by atoms with E-state index in [9.17, 15) is 0 Å². The SMILES string of the molecule is NC(CO)(CO)CO.[Cl-].[Cl-].[Cl-].[Rh+3].c1ccc(P(c2ccccc2)c2ccccc2)cc1. The minimum atomic E-state index is -1.21. The number of aliphatic hydroxyl groups is 3. The summed E-state index contributed by atoms with van der Waals surface area (Å²) >= 11 is 0. The van der Waals surface area contributed by atoms with Gasteiger partial charge < -0.3 is 58.3 Å². The number of hydrogen-bond donors (Lipinski definition) is 4. The molecule has 0 saturated carbocycles. The molecule has 3 aromatic carbocycles. The van der Waals surface area contributed by atoms with Gasteiger partial charge >= 0.3 is 19.5 Å². The maximum absolute atomic E-state index is 8.34. The first-order valence-electron chi connectivity index (χ1n) is 8.70. The number of rotatable bonds is 6. The Balaban J connectivity index is -0.000000575. The summed E-state index contributed by atoms with van der Waals surface area (Å²) < 4.78 is 0. The van der Waals surface area contributed by atoms with Gasteiger partial charge in [0.1, 0.15) is 0 Å². The van der Waals surface area contributed by atoms with Crippen LogP contribution in [0.4, 0.5) is 0 Å². The van der Waals surface area contributed by atoms with Gasteiger partial charge in [-0.1, -0.05) is 91.0 Å². The van der Waals surface area contributed by atoms with Crippen LogP contribution in [0.1, 0.15) is 0 Å². The van der Waals surface area contributed by atoms with E-state index in [-0.39, 0.29) is 56.7 Å².